The molecule has 228 valence electrons. The largest absolute Gasteiger partial charge is 0.494 e. The number of hydrogen-bond acceptors (Lipinski definition) is 6. The molecule has 3 atom stereocenters. The minimum atomic E-state index is -0.00393. The summed E-state index contributed by atoms with van der Waals surface area (Å²) in [6, 6.07) is 16.3. The van der Waals surface area contributed by atoms with Crippen molar-refractivity contribution in [3.05, 3.63) is 59.7 Å². The van der Waals surface area contributed by atoms with Crippen LogP contribution in [0.5, 0.6) is 5.75 Å². The Morgan fingerprint density at radius 1 is 1.07 bits per heavy atom. The van der Waals surface area contributed by atoms with Gasteiger partial charge in [0.1, 0.15) is 16.9 Å². The number of imidazole rings is 1. The van der Waals surface area contributed by atoms with Gasteiger partial charge in [-0.25, -0.2) is 9.97 Å². The van der Waals surface area contributed by atoms with Crippen molar-refractivity contribution in [3.63, 3.8) is 0 Å². The van der Waals surface area contributed by atoms with E-state index in [9.17, 15) is 9.59 Å². The highest BCUT2D eigenvalue weighted by Crippen LogP contribution is 2.40. The van der Waals surface area contributed by atoms with Crippen LogP contribution in [-0.4, -0.2) is 61.6 Å². The van der Waals surface area contributed by atoms with Crippen LogP contribution in [-0.2, 0) is 24.8 Å². The zero-order valence-electron chi connectivity index (χ0n) is 25.4. The number of anilines is 1. The van der Waals surface area contributed by atoms with Gasteiger partial charge in [0.05, 0.1) is 30.4 Å². The number of benzene rings is 2. The van der Waals surface area contributed by atoms with E-state index in [1.165, 1.54) is 12.8 Å². The maximum atomic E-state index is 13.7. The number of amides is 2. The average molecular weight is 602 g/mol. The number of fused-ring (bicyclic) bond motifs is 5. The number of carbonyl (C=O) groups excluding carboxylic acids is 2. The van der Waals surface area contributed by atoms with Gasteiger partial charge in [0, 0.05) is 54.4 Å². The molecule has 10 heteroatoms. The van der Waals surface area contributed by atoms with E-state index in [1.54, 1.807) is 7.11 Å². The molecule has 3 fully saturated rings. The van der Waals surface area contributed by atoms with Gasteiger partial charge in [0.25, 0.3) is 5.91 Å². The second-order valence-electron chi connectivity index (χ2n) is 13.3. The molecule has 2 amide bonds. The summed E-state index contributed by atoms with van der Waals surface area (Å²) in [5.74, 6) is 2.44. The van der Waals surface area contributed by atoms with Crippen molar-refractivity contribution in [2.24, 2.45) is 24.6 Å². The van der Waals surface area contributed by atoms with E-state index in [-0.39, 0.29) is 23.9 Å². The van der Waals surface area contributed by atoms with Gasteiger partial charge >= 0.3 is 0 Å². The van der Waals surface area contributed by atoms with E-state index < -0.39 is 0 Å². The lowest BCUT2D eigenvalue weighted by Crippen LogP contribution is -2.41. The van der Waals surface area contributed by atoms with Crippen molar-refractivity contribution >= 4 is 39.6 Å². The molecule has 2 aliphatic heterocycles. The number of methoxy groups -OCH3 is 1. The van der Waals surface area contributed by atoms with Gasteiger partial charge in [-0.05, 0) is 79.5 Å². The Bertz CT molecular complexity index is 2070. The first-order valence-electron chi connectivity index (χ1n) is 15.9. The highest BCUT2D eigenvalue weighted by Gasteiger charge is 2.47. The minimum absolute atomic E-state index is 0.00393. The quantitative estimate of drug-likeness (QED) is 0.290. The fourth-order valence-corrected chi connectivity index (χ4v) is 7.86. The van der Waals surface area contributed by atoms with Crippen molar-refractivity contribution in [1.29, 1.82) is 0 Å². The van der Waals surface area contributed by atoms with Gasteiger partial charge in [-0.1, -0.05) is 12.1 Å². The Balaban J connectivity index is 1.14. The SMILES string of the molecule is COc1cc(C(=O)N2CC3CCC2[C@@H]3N)cc2nc(-c3cc4ccc(-c5ccc6c(c5)NC(=O)C6)nc4n3CC3CC3)n(C)c12. The van der Waals surface area contributed by atoms with E-state index >= 15 is 0 Å². The van der Waals surface area contributed by atoms with Crippen LogP contribution in [0.2, 0.25) is 0 Å². The first kappa shape index (κ1) is 26.7. The van der Waals surface area contributed by atoms with Crippen molar-refractivity contribution in [2.45, 2.75) is 50.7 Å². The molecule has 2 aliphatic carbocycles. The molecule has 3 N–H and O–H groups in total. The molecular formula is C35H35N7O3. The fourth-order valence-electron chi connectivity index (χ4n) is 7.86. The Morgan fingerprint density at radius 2 is 1.93 bits per heavy atom. The summed E-state index contributed by atoms with van der Waals surface area (Å²) in [4.78, 5) is 37.9. The van der Waals surface area contributed by atoms with Crippen LogP contribution in [0.1, 0.15) is 41.6 Å². The number of nitrogens with two attached hydrogens (primary N) is 1. The molecule has 0 spiro atoms. The third-order valence-corrected chi connectivity index (χ3v) is 10.5. The van der Waals surface area contributed by atoms with Crippen LogP contribution in [0.15, 0.2) is 48.5 Å². The number of nitrogens with one attached hydrogen (secondary N) is 1. The molecule has 45 heavy (non-hydrogen) atoms. The predicted octanol–water partition coefficient (Wildman–Crippen LogP) is 4.73. The highest BCUT2D eigenvalue weighted by atomic mass is 16.5. The minimum Gasteiger partial charge on any atom is -0.494 e. The van der Waals surface area contributed by atoms with E-state index in [2.05, 4.69) is 26.6 Å². The third-order valence-electron chi connectivity index (χ3n) is 10.5. The number of rotatable bonds is 6. The topological polar surface area (TPSA) is 120 Å². The number of piperidine rings is 1. The molecule has 5 heterocycles. The van der Waals surface area contributed by atoms with Crippen LogP contribution in [0.4, 0.5) is 5.69 Å². The average Bonchev–Trinajstić information content (AvgIpc) is 3.26. The maximum Gasteiger partial charge on any atom is 0.254 e. The highest BCUT2D eigenvalue weighted by molar-refractivity contribution is 6.01. The van der Waals surface area contributed by atoms with Crippen LogP contribution < -0.4 is 15.8 Å². The molecule has 3 aromatic heterocycles. The molecule has 9 rings (SSSR count). The predicted molar refractivity (Wildman–Crippen MR) is 172 cm³/mol. The first-order chi connectivity index (χ1) is 21.9. The molecule has 1 saturated heterocycles. The molecule has 5 aromatic rings. The van der Waals surface area contributed by atoms with Crippen LogP contribution in [0.3, 0.4) is 0 Å². The van der Waals surface area contributed by atoms with Gasteiger partial charge < -0.3 is 29.8 Å². The van der Waals surface area contributed by atoms with E-state index in [0.29, 0.717) is 29.6 Å². The number of hydrogen-bond donors (Lipinski definition) is 2. The summed E-state index contributed by atoms with van der Waals surface area (Å²) < 4.78 is 10.2. The number of nitrogens with zero attached hydrogens (tertiary/aromatic N) is 5. The smallest absolute Gasteiger partial charge is 0.254 e. The van der Waals surface area contributed by atoms with Crippen LogP contribution in [0, 0.1) is 11.8 Å². The van der Waals surface area contributed by atoms with E-state index in [0.717, 1.165) is 82.0 Å². The standard InChI is InChI=1S/C35H35N7O3/c1-40-32-26(12-23(14-29(32)45-2)35(44)42-17-22-8-10-27(42)31(22)36)39-34(40)28-13-21-7-9-24(38-33(21)41(28)16-18-3-4-18)19-5-6-20-15-30(43)37-25(20)11-19/h5-7,9,11-14,18,22,27,31H,3-4,8,10,15-17,36H2,1-2H3,(H,37,43)/t22?,27?,31-/m1/s1. The third kappa shape index (κ3) is 4.11. The Labute approximate surface area is 260 Å². The number of pyridine rings is 1. The van der Waals surface area contributed by atoms with Gasteiger partial charge in [-0.15, -0.1) is 0 Å². The zero-order chi connectivity index (χ0) is 30.6. The summed E-state index contributed by atoms with van der Waals surface area (Å²) in [6.07, 6.45) is 4.88. The summed E-state index contributed by atoms with van der Waals surface area (Å²) in [6.45, 7) is 1.58. The van der Waals surface area contributed by atoms with Gasteiger partial charge in [0.15, 0.2) is 5.82 Å². The van der Waals surface area contributed by atoms with E-state index in [1.807, 2.05) is 48.3 Å². The summed E-state index contributed by atoms with van der Waals surface area (Å²) >= 11 is 0. The molecule has 0 radical (unpaired) electrons. The lowest BCUT2D eigenvalue weighted by atomic mass is 10.1. The summed E-state index contributed by atoms with van der Waals surface area (Å²) in [5.41, 5.74) is 14.2. The second-order valence-corrected chi connectivity index (χ2v) is 13.3. The van der Waals surface area contributed by atoms with Crippen LogP contribution >= 0.6 is 0 Å². The van der Waals surface area contributed by atoms with Gasteiger partial charge in [0.2, 0.25) is 5.91 Å². The Hall–Kier alpha value is -4.70. The second kappa shape index (κ2) is 9.65. The first-order valence-corrected chi connectivity index (χ1v) is 15.9. The number of carbonyl (C=O) groups is 2. The zero-order valence-corrected chi connectivity index (χ0v) is 25.4. The Kier molecular flexibility index (Phi) is 5.72. The number of ether oxygens (including phenoxy) is 1. The number of likely N-dealkylation sites (tertiary alicyclic amines) is 1. The maximum absolute atomic E-state index is 13.7. The number of aromatic nitrogens is 4. The lowest BCUT2D eigenvalue weighted by molar-refractivity contribution is -0.115. The molecule has 10 nitrogen and oxygen atoms in total. The summed E-state index contributed by atoms with van der Waals surface area (Å²) in [5, 5.41) is 4.00. The van der Waals surface area contributed by atoms with Crippen molar-refractivity contribution in [1.82, 2.24) is 24.0 Å². The van der Waals surface area contributed by atoms with Crippen molar-refractivity contribution in [2.75, 3.05) is 19.0 Å². The fraction of sp³-hybridized carbons (Fsp3) is 0.371. The molecule has 2 bridgehead atoms. The van der Waals surface area contributed by atoms with E-state index in [4.69, 9.17) is 20.4 Å². The number of aryl methyl sites for hydroxylation is 1. The summed E-state index contributed by atoms with van der Waals surface area (Å²) in [7, 11) is 3.65. The van der Waals surface area contributed by atoms with Gasteiger partial charge in [-0.2, -0.15) is 0 Å². The van der Waals surface area contributed by atoms with Crippen molar-refractivity contribution in [3.8, 4) is 28.5 Å². The molecule has 2 aromatic carbocycles. The Morgan fingerprint density at radius 3 is 2.69 bits per heavy atom. The van der Waals surface area contributed by atoms with Crippen molar-refractivity contribution < 1.29 is 14.3 Å². The molecule has 2 unspecified atom stereocenters. The lowest BCUT2D eigenvalue weighted by Gasteiger charge is -2.27. The molecular weight excluding hydrogens is 566 g/mol. The normalized spacial score (nSPS) is 22.1. The monoisotopic (exact) mass is 601 g/mol. The molecule has 4 aliphatic rings. The van der Waals surface area contributed by atoms with Gasteiger partial charge in [-0.3, -0.25) is 9.59 Å². The van der Waals surface area contributed by atoms with Crippen LogP contribution in [0.25, 0.3) is 44.8 Å². The molecule has 2 saturated carbocycles.